The summed E-state index contributed by atoms with van der Waals surface area (Å²) in [5.41, 5.74) is 6.61. The lowest BCUT2D eigenvalue weighted by Crippen LogP contribution is -2.53. The predicted octanol–water partition coefficient (Wildman–Crippen LogP) is 1.91. The quantitative estimate of drug-likeness (QED) is 0.791. The number of anilines is 1. The van der Waals surface area contributed by atoms with E-state index in [1.165, 1.54) is 25.3 Å². The largest absolute Gasteiger partial charge is 0.382 e. The lowest BCUT2D eigenvalue weighted by Gasteiger charge is -2.38. The van der Waals surface area contributed by atoms with Crippen LogP contribution in [0.4, 0.5) is 10.1 Å². The maximum atomic E-state index is 14.2. The monoisotopic (exact) mass is 279 g/mol. The number of nitrogens with one attached hydrogen (secondary N) is 2. The average molecular weight is 279 g/mol. The summed E-state index contributed by atoms with van der Waals surface area (Å²) in [6.07, 6.45) is 3.24. The normalized spacial score (nSPS) is 30.9. The molecule has 1 heterocycles. The third-order valence-corrected chi connectivity index (χ3v) is 4.23. The van der Waals surface area contributed by atoms with Crippen molar-refractivity contribution in [2.75, 3.05) is 18.4 Å². The summed E-state index contributed by atoms with van der Waals surface area (Å²) in [6, 6.07) is 5.67. The zero-order chi connectivity index (χ0) is 14.2. The molecule has 0 spiro atoms. The van der Waals surface area contributed by atoms with Gasteiger partial charge in [-0.25, -0.2) is 4.39 Å². The molecule has 1 aliphatic carbocycles. The fourth-order valence-electron chi connectivity index (χ4n) is 2.84. The van der Waals surface area contributed by atoms with Crippen molar-refractivity contribution in [3.8, 4) is 0 Å². The minimum absolute atomic E-state index is 0.248. The van der Waals surface area contributed by atoms with E-state index in [9.17, 15) is 4.39 Å². The molecule has 1 unspecified atom stereocenters. The van der Waals surface area contributed by atoms with Gasteiger partial charge in [0.1, 0.15) is 17.6 Å². The van der Waals surface area contributed by atoms with Crippen LogP contribution in [0.3, 0.4) is 0 Å². The molecule has 4 N–H and O–H groups in total. The molecule has 0 bridgehead atoms. The van der Waals surface area contributed by atoms with E-state index in [-0.39, 0.29) is 5.82 Å². The van der Waals surface area contributed by atoms with Crippen LogP contribution in [0.1, 0.15) is 31.7 Å². The van der Waals surface area contributed by atoms with Gasteiger partial charge < -0.3 is 21.1 Å². The summed E-state index contributed by atoms with van der Waals surface area (Å²) in [5, 5.41) is 6.64. The second-order valence-corrected chi connectivity index (χ2v) is 5.98. The van der Waals surface area contributed by atoms with Crippen LogP contribution in [0.15, 0.2) is 18.2 Å². The van der Waals surface area contributed by atoms with Crippen molar-refractivity contribution in [3.63, 3.8) is 0 Å². The van der Waals surface area contributed by atoms with Crippen molar-refractivity contribution >= 4 is 5.69 Å². The maximum Gasteiger partial charge on any atom is 0.129 e. The Hall–Kier alpha value is -1.17. The Labute approximate surface area is 118 Å². The molecule has 110 valence electrons. The van der Waals surface area contributed by atoms with Gasteiger partial charge in [-0.15, -0.1) is 0 Å². The highest BCUT2D eigenvalue weighted by molar-refractivity contribution is 5.49. The van der Waals surface area contributed by atoms with Gasteiger partial charge >= 0.3 is 0 Å². The van der Waals surface area contributed by atoms with Gasteiger partial charge in [-0.1, -0.05) is 0 Å². The van der Waals surface area contributed by atoms with E-state index < -0.39 is 11.8 Å². The van der Waals surface area contributed by atoms with E-state index in [1.54, 1.807) is 6.07 Å². The summed E-state index contributed by atoms with van der Waals surface area (Å²) < 4.78 is 20.0. The van der Waals surface area contributed by atoms with E-state index in [1.807, 2.05) is 13.0 Å². The van der Waals surface area contributed by atoms with Crippen molar-refractivity contribution in [1.29, 1.82) is 0 Å². The number of morpholine rings is 1. The van der Waals surface area contributed by atoms with Crippen LogP contribution in [-0.4, -0.2) is 25.4 Å². The highest BCUT2D eigenvalue weighted by atomic mass is 19.1. The van der Waals surface area contributed by atoms with E-state index in [2.05, 4.69) is 10.6 Å². The Morgan fingerprint density at radius 2 is 2.25 bits per heavy atom. The zero-order valence-electron chi connectivity index (χ0n) is 11.8. The van der Waals surface area contributed by atoms with Crippen molar-refractivity contribution in [3.05, 3.63) is 29.6 Å². The summed E-state index contributed by atoms with van der Waals surface area (Å²) in [5.74, 6) is -0.248. The van der Waals surface area contributed by atoms with E-state index >= 15 is 0 Å². The minimum atomic E-state index is -0.723. The van der Waals surface area contributed by atoms with E-state index in [0.29, 0.717) is 24.7 Å². The molecule has 0 radical (unpaired) electrons. The topological polar surface area (TPSA) is 59.3 Å². The lowest BCUT2D eigenvalue weighted by atomic mass is 9.91. The third kappa shape index (κ3) is 2.66. The highest BCUT2D eigenvalue weighted by Gasteiger charge is 2.35. The highest BCUT2D eigenvalue weighted by Crippen LogP contribution is 2.32. The number of halogens is 1. The van der Waals surface area contributed by atoms with Gasteiger partial charge in [-0.05, 0) is 44.4 Å². The molecule has 1 aromatic carbocycles. The van der Waals surface area contributed by atoms with Gasteiger partial charge in [0, 0.05) is 30.4 Å². The number of hydrogen-bond acceptors (Lipinski definition) is 4. The van der Waals surface area contributed by atoms with Gasteiger partial charge in [0.2, 0.25) is 0 Å². The minimum Gasteiger partial charge on any atom is -0.382 e. The Bertz CT molecular complexity index is 492. The van der Waals surface area contributed by atoms with Crippen LogP contribution in [0.25, 0.3) is 0 Å². The molecule has 3 rings (SSSR count). The Kier molecular flexibility index (Phi) is 3.67. The van der Waals surface area contributed by atoms with Crippen LogP contribution in [0.5, 0.6) is 0 Å². The molecule has 1 saturated carbocycles. The number of ether oxygens (including phenoxy) is 1. The smallest absolute Gasteiger partial charge is 0.129 e. The van der Waals surface area contributed by atoms with Gasteiger partial charge in [-0.2, -0.15) is 0 Å². The summed E-state index contributed by atoms with van der Waals surface area (Å²) in [6.45, 7) is 3.03. The average Bonchev–Trinajstić information content (AvgIpc) is 2.35. The zero-order valence-corrected chi connectivity index (χ0v) is 11.8. The fraction of sp³-hybridized carbons (Fsp3) is 0.600. The van der Waals surface area contributed by atoms with Crippen molar-refractivity contribution in [1.82, 2.24) is 5.32 Å². The number of benzene rings is 1. The Balaban J connectivity index is 1.84. The van der Waals surface area contributed by atoms with Crippen LogP contribution >= 0.6 is 0 Å². The Morgan fingerprint density at radius 1 is 1.45 bits per heavy atom. The molecule has 2 aliphatic rings. The maximum absolute atomic E-state index is 14.2. The van der Waals surface area contributed by atoms with Crippen molar-refractivity contribution in [2.45, 2.75) is 44.1 Å². The van der Waals surface area contributed by atoms with Crippen LogP contribution in [0.2, 0.25) is 0 Å². The first-order chi connectivity index (χ1) is 9.57. The van der Waals surface area contributed by atoms with Crippen LogP contribution < -0.4 is 16.4 Å². The molecule has 2 fully saturated rings. The van der Waals surface area contributed by atoms with Gasteiger partial charge in [-0.3, -0.25) is 0 Å². The summed E-state index contributed by atoms with van der Waals surface area (Å²) in [4.78, 5) is 0. The molecule has 1 saturated heterocycles. The first-order valence-corrected chi connectivity index (χ1v) is 7.27. The number of nitrogens with two attached hydrogens (primary N) is 1. The molecular weight excluding hydrogens is 257 g/mol. The predicted molar refractivity (Wildman–Crippen MR) is 76.9 cm³/mol. The van der Waals surface area contributed by atoms with E-state index in [4.69, 9.17) is 10.5 Å². The second kappa shape index (κ2) is 5.31. The van der Waals surface area contributed by atoms with E-state index in [0.717, 1.165) is 5.69 Å². The van der Waals surface area contributed by atoms with Crippen LogP contribution in [-0.2, 0) is 10.3 Å². The molecule has 5 heteroatoms. The summed E-state index contributed by atoms with van der Waals surface area (Å²) >= 11 is 0. The summed E-state index contributed by atoms with van der Waals surface area (Å²) in [7, 11) is 0. The van der Waals surface area contributed by atoms with Gasteiger partial charge in [0.25, 0.3) is 0 Å². The number of hydrogen-bond donors (Lipinski definition) is 3. The molecule has 20 heavy (non-hydrogen) atoms. The van der Waals surface area contributed by atoms with Crippen molar-refractivity contribution < 1.29 is 9.13 Å². The molecule has 4 nitrogen and oxygen atoms in total. The molecule has 1 aliphatic heterocycles. The molecule has 0 amide bonds. The lowest BCUT2D eigenvalue weighted by molar-refractivity contribution is -0.109. The fourth-order valence-corrected chi connectivity index (χ4v) is 2.84. The number of rotatable bonds is 3. The van der Waals surface area contributed by atoms with Gasteiger partial charge in [0.15, 0.2) is 0 Å². The molecule has 2 atom stereocenters. The van der Waals surface area contributed by atoms with Gasteiger partial charge in [0.05, 0.1) is 0 Å². The van der Waals surface area contributed by atoms with Crippen LogP contribution in [0, 0.1) is 5.82 Å². The second-order valence-electron chi connectivity index (χ2n) is 5.98. The standard InChI is InChI=1S/C15H22FN3O/c1-15(9-18-8-14(17)20-15)12-7-11(5-6-13(12)16)19-10-3-2-4-10/h5-7,10,14,18-19H,2-4,8-9,17H2,1H3/t14-,15?/m1/s1. The first-order valence-electron chi connectivity index (χ1n) is 7.27. The SMILES string of the molecule is CC1(c2cc(NC3CCC3)ccc2F)CNC[C@H](N)O1. The molecule has 0 aromatic heterocycles. The first kappa shape index (κ1) is 13.8. The Morgan fingerprint density at radius 3 is 2.90 bits per heavy atom. The molecule has 1 aromatic rings. The van der Waals surface area contributed by atoms with Crippen molar-refractivity contribution in [2.24, 2.45) is 5.73 Å². The molecular formula is C15H22FN3O. The third-order valence-electron chi connectivity index (χ3n) is 4.23.